The zero-order valence-electron chi connectivity index (χ0n) is 12.4. The molecule has 0 spiro atoms. The standard InChI is InChI=1S/C15H24N2O3/c1-4-17(5-2)13-8-6-12(7-9-13)14(15(19)20)16(3)10-11-18/h6-9,14,18H,4-5,10-11H2,1-3H3,(H,19,20). The lowest BCUT2D eigenvalue weighted by Gasteiger charge is -2.25. The fraction of sp³-hybridized carbons (Fsp3) is 0.533. The quantitative estimate of drug-likeness (QED) is 0.757. The molecule has 0 fully saturated rings. The van der Waals surface area contributed by atoms with E-state index in [9.17, 15) is 9.90 Å². The molecule has 0 saturated heterocycles. The minimum atomic E-state index is -0.906. The molecule has 5 heteroatoms. The van der Waals surface area contributed by atoms with Gasteiger partial charge in [0.1, 0.15) is 6.04 Å². The van der Waals surface area contributed by atoms with Crippen molar-refractivity contribution in [3.63, 3.8) is 0 Å². The maximum atomic E-state index is 11.4. The van der Waals surface area contributed by atoms with Gasteiger partial charge in [0.2, 0.25) is 0 Å². The fourth-order valence-corrected chi connectivity index (χ4v) is 2.33. The summed E-state index contributed by atoms with van der Waals surface area (Å²) in [5.74, 6) is -0.906. The van der Waals surface area contributed by atoms with Gasteiger partial charge >= 0.3 is 5.97 Å². The number of aliphatic hydroxyl groups is 1. The number of benzene rings is 1. The van der Waals surface area contributed by atoms with E-state index in [0.29, 0.717) is 6.54 Å². The number of aliphatic carboxylic acids is 1. The maximum absolute atomic E-state index is 11.4. The molecule has 0 heterocycles. The topological polar surface area (TPSA) is 64.0 Å². The third-order valence-electron chi connectivity index (χ3n) is 3.46. The highest BCUT2D eigenvalue weighted by molar-refractivity contribution is 5.75. The van der Waals surface area contributed by atoms with Crippen LogP contribution >= 0.6 is 0 Å². The van der Waals surface area contributed by atoms with E-state index < -0.39 is 12.0 Å². The number of likely N-dealkylation sites (N-methyl/N-ethyl adjacent to an activating group) is 1. The molecule has 0 aliphatic carbocycles. The van der Waals surface area contributed by atoms with E-state index in [4.69, 9.17) is 5.11 Å². The Morgan fingerprint density at radius 3 is 2.15 bits per heavy atom. The number of nitrogens with zero attached hydrogens (tertiary/aromatic N) is 2. The second-order valence-corrected chi connectivity index (χ2v) is 4.71. The molecule has 0 aliphatic rings. The number of carboxylic acid groups (broad SMARTS) is 1. The second-order valence-electron chi connectivity index (χ2n) is 4.71. The monoisotopic (exact) mass is 280 g/mol. The lowest BCUT2D eigenvalue weighted by molar-refractivity contribution is -0.143. The summed E-state index contributed by atoms with van der Waals surface area (Å²) in [4.78, 5) is 15.3. The second kappa shape index (κ2) is 7.87. The average Bonchev–Trinajstić information content (AvgIpc) is 2.42. The summed E-state index contributed by atoms with van der Waals surface area (Å²) in [5.41, 5.74) is 1.82. The van der Waals surface area contributed by atoms with E-state index in [0.717, 1.165) is 24.3 Å². The summed E-state index contributed by atoms with van der Waals surface area (Å²) in [5, 5.41) is 18.3. The van der Waals surface area contributed by atoms with Crippen LogP contribution in [-0.4, -0.2) is 54.4 Å². The Kier molecular flexibility index (Phi) is 6.48. The lowest BCUT2D eigenvalue weighted by Crippen LogP contribution is -2.33. The van der Waals surface area contributed by atoms with Crippen molar-refractivity contribution >= 4 is 11.7 Å². The largest absolute Gasteiger partial charge is 0.480 e. The molecular weight excluding hydrogens is 256 g/mol. The molecule has 1 unspecified atom stereocenters. The van der Waals surface area contributed by atoms with Gasteiger partial charge in [-0.15, -0.1) is 0 Å². The first-order valence-electron chi connectivity index (χ1n) is 6.93. The molecule has 0 aliphatic heterocycles. The van der Waals surface area contributed by atoms with E-state index in [1.54, 1.807) is 11.9 Å². The third kappa shape index (κ3) is 3.95. The molecule has 0 aromatic heterocycles. The minimum absolute atomic E-state index is 0.0577. The van der Waals surface area contributed by atoms with Crippen LogP contribution in [0.15, 0.2) is 24.3 Å². The summed E-state index contributed by atoms with van der Waals surface area (Å²) in [6.45, 7) is 6.29. The summed E-state index contributed by atoms with van der Waals surface area (Å²) < 4.78 is 0. The van der Waals surface area contributed by atoms with Gasteiger partial charge in [-0.25, -0.2) is 0 Å². The smallest absolute Gasteiger partial charge is 0.325 e. The van der Waals surface area contributed by atoms with Crippen molar-refractivity contribution in [1.82, 2.24) is 4.90 Å². The van der Waals surface area contributed by atoms with Crippen LogP contribution in [-0.2, 0) is 4.79 Å². The fourth-order valence-electron chi connectivity index (χ4n) is 2.33. The van der Waals surface area contributed by atoms with E-state index in [1.165, 1.54) is 0 Å². The van der Waals surface area contributed by atoms with Crippen molar-refractivity contribution < 1.29 is 15.0 Å². The van der Waals surface area contributed by atoms with Gasteiger partial charge in [-0.1, -0.05) is 12.1 Å². The molecule has 112 valence electrons. The van der Waals surface area contributed by atoms with Crippen molar-refractivity contribution in [2.24, 2.45) is 0 Å². The summed E-state index contributed by atoms with van der Waals surface area (Å²) >= 11 is 0. The molecule has 2 N–H and O–H groups in total. The normalized spacial score (nSPS) is 12.4. The Balaban J connectivity index is 2.96. The van der Waals surface area contributed by atoms with Gasteiger partial charge in [-0.05, 0) is 38.6 Å². The van der Waals surface area contributed by atoms with Crippen LogP contribution in [0.1, 0.15) is 25.5 Å². The maximum Gasteiger partial charge on any atom is 0.325 e. The van der Waals surface area contributed by atoms with Crippen LogP contribution in [0.3, 0.4) is 0 Å². The Morgan fingerprint density at radius 1 is 1.20 bits per heavy atom. The van der Waals surface area contributed by atoms with Crippen molar-refractivity contribution in [3.8, 4) is 0 Å². The molecule has 5 nitrogen and oxygen atoms in total. The van der Waals surface area contributed by atoms with E-state index in [2.05, 4.69) is 18.7 Å². The highest BCUT2D eigenvalue weighted by Gasteiger charge is 2.24. The summed E-state index contributed by atoms with van der Waals surface area (Å²) in [6.07, 6.45) is 0. The van der Waals surface area contributed by atoms with Crippen LogP contribution in [0.25, 0.3) is 0 Å². The van der Waals surface area contributed by atoms with Crippen LogP contribution in [0, 0.1) is 0 Å². The van der Waals surface area contributed by atoms with E-state index in [-0.39, 0.29) is 6.61 Å². The van der Waals surface area contributed by atoms with Gasteiger partial charge in [-0.2, -0.15) is 0 Å². The Labute approximate surface area is 120 Å². The molecule has 1 aromatic rings. The third-order valence-corrected chi connectivity index (χ3v) is 3.46. The van der Waals surface area contributed by atoms with Crippen LogP contribution in [0.4, 0.5) is 5.69 Å². The summed E-state index contributed by atoms with van der Waals surface area (Å²) in [6, 6.07) is 6.87. The zero-order valence-corrected chi connectivity index (χ0v) is 12.4. The van der Waals surface area contributed by atoms with Gasteiger partial charge in [0, 0.05) is 25.3 Å². The number of carbonyl (C=O) groups is 1. The van der Waals surface area contributed by atoms with Crippen LogP contribution in [0.5, 0.6) is 0 Å². The predicted octanol–water partition coefficient (Wildman–Crippen LogP) is 1.58. The van der Waals surface area contributed by atoms with Gasteiger partial charge in [0.15, 0.2) is 0 Å². The van der Waals surface area contributed by atoms with Crippen molar-refractivity contribution in [2.75, 3.05) is 38.2 Å². The number of carboxylic acids is 1. The minimum Gasteiger partial charge on any atom is -0.480 e. The Bertz CT molecular complexity index is 416. The Morgan fingerprint density at radius 2 is 1.75 bits per heavy atom. The van der Waals surface area contributed by atoms with Gasteiger partial charge < -0.3 is 15.1 Å². The molecule has 1 rings (SSSR count). The number of anilines is 1. The number of aliphatic hydroxyl groups excluding tert-OH is 1. The van der Waals surface area contributed by atoms with Gasteiger partial charge in [0.25, 0.3) is 0 Å². The first kappa shape index (κ1) is 16.5. The van der Waals surface area contributed by atoms with Crippen molar-refractivity contribution in [2.45, 2.75) is 19.9 Å². The van der Waals surface area contributed by atoms with Crippen molar-refractivity contribution in [3.05, 3.63) is 29.8 Å². The SMILES string of the molecule is CCN(CC)c1ccc(C(C(=O)O)N(C)CCO)cc1. The van der Waals surface area contributed by atoms with Crippen LogP contribution < -0.4 is 4.90 Å². The van der Waals surface area contributed by atoms with Gasteiger partial charge in [0.05, 0.1) is 6.61 Å². The van der Waals surface area contributed by atoms with Crippen molar-refractivity contribution in [1.29, 1.82) is 0 Å². The molecule has 0 bridgehead atoms. The lowest BCUT2D eigenvalue weighted by atomic mass is 10.0. The van der Waals surface area contributed by atoms with E-state index in [1.807, 2.05) is 24.3 Å². The summed E-state index contributed by atoms with van der Waals surface area (Å²) in [7, 11) is 1.70. The highest BCUT2D eigenvalue weighted by Crippen LogP contribution is 2.23. The average molecular weight is 280 g/mol. The Hall–Kier alpha value is -1.59. The van der Waals surface area contributed by atoms with E-state index >= 15 is 0 Å². The first-order valence-corrected chi connectivity index (χ1v) is 6.93. The number of hydrogen-bond donors (Lipinski definition) is 2. The molecule has 0 saturated carbocycles. The predicted molar refractivity (Wildman–Crippen MR) is 80.1 cm³/mol. The molecule has 1 aromatic carbocycles. The number of rotatable bonds is 8. The molecule has 0 radical (unpaired) electrons. The number of hydrogen-bond acceptors (Lipinski definition) is 4. The molecular formula is C15H24N2O3. The van der Waals surface area contributed by atoms with Crippen LogP contribution in [0.2, 0.25) is 0 Å². The zero-order chi connectivity index (χ0) is 15.1. The highest BCUT2D eigenvalue weighted by atomic mass is 16.4. The first-order chi connectivity index (χ1) is 9.54. The van der Waals surface area contributed by atoms with Gasteiger partial charge in [-0.3, -0.25) is 9.69 Å². The molecule has 0 amide bonds. The molecule has 1 atom stereocenters. The molecule has 20 heavy (non-hydrogen) atoms.